The standard InChI is InChI=1S/C14H12ClN3O5/c1-17-6-9(12(20)18(2)14(17)23)11(19)16-7-3-4-10(15)8(5-7)13(21)22/h3-6H,1-2H3,(H,16,19)(H,21,22). The molecule has 1 aromatic heterocycles. The van der Waals surface area contributed by atoms with Gasteiger partial charge in [0.25, 0.3) is 11.5 Å². The van der Waals surface area contributed by atoms with Crippen LogP contribution in [0.3, 0.4) is 0 Å². The van der Waals surface area contributed by atoms with Crippen LogP contribution in [0.1, 0.15) is 20.7 Å². The zero-order valence-electron chi connectivity index (χ0n) is 12.2. The van der Waals surface area contributed by atoms with Crippen LogP contribution in [0.5, 0.6) is 0 Å². The minimum absolute atomic E-state index is 0.0218. The van der Waals surface area contributed by atoms with Gasteiger partial charge in [0.15, 0.2) is 0 Å². The van der Waals surface area contributed by atoms with Gasteiger partial charge in [0, 0.05) is 26.0 Å². The molecule has 0 aliphatic heterocycles. The van der Waals surface area contributed by atoms with Gasteiger partial charge in [-0.25, -0.2) is 9.59 Å². The molecule has 0 aliphatic carbocycles. The summed E-state index contributed by atoms with van der Waals surface area (Å²) in [6.07, 6.45) is 1.12. The molecule has 2 N–H and O–H groups in total. The molecule has 0 aliphatic rings. The summed E-state index contributed by atoms with van der Waals surface area (Å²) in [6.45, 7) is 0. The predicted molar refractivity (Wildman–Crippen MR) is 83.3 cm³/mol. The number of carbonyl (C=O) groups excluding carboxylic acids is 1. The molecule has 0 spiro atoms. The van der Waals surface area contributed by atoms with E-state index < -0.39 is 23.1 Å². The molecular weight excluding hydrogens is 326 g/mol. The number of benzene rings is 1. The molecule has 23 heavy (non-hydrogen) atoms. The normalized spacial score (nSPS) is 10.4. The first-order valence-corrected chi connectivity index (χ1v) is 6.71. The van der Waals surface area contributed by atoms with Crippen molar-refractivity contribution in [2.75, 3.05) is 5.32 Å². The van der Waals surface area contributed by atoms with Crippen molar-refractivity contribution in [2.45, 2.75) is 0 Å². The number of anilines is 1. The van der Waals surface area contributed by atoms with Crippen LogP contribution in [0.2, 0.25) is 5.02 Å². The van der Waals surface area contributed by atoms with Gasteiger partial charge in [-0.2, -0.15) is 0 Å². The average molecular weight is 338 g/mol. The maximum absolute atomic E-state index is 12.2. The van der Waals surface area contributed by atoms with Crippen LogP contribution in [0.25, 0.3) is 0 Å². The Bertz CT molecular complexity index is 929. The Morgan fingerprint density at radius 1 is 1.17 bits per heavy atom. The highest BCUT2D eigenvalue weighted by molar-refractivity contribution is 6.33. The lowest BCUT2D eigenvalue weighted by atomic mass is 10.2. The summed E-state index contributed by atoms with van der Waals surface area (Å²) in [4.78, 5) is 46.8. The Balaban J connectivity index is 2.41. The van der Waals surface area contributed by atoms with Crippen LogP contribution in [0, 0.1) is 0 Å². The molecule has 0 radical (unpaired) electrons. The molecule has 9 heteroatoms. The molecule has 0 atom stereocenters. The number of aryl methyl sites for hydroxylation is 1. The van der Waals surface area contributed by atoms with E-state index in [0.717, 1.165) is 15.3 Å². The van der Waals surface area contributed by atoms with Gasteiger partial charge in [0.05, 0.1) is 10.6 Å². The molecule has 0 bridgehead atoms. The zero-order chi connectivity index (χ0) is 17.3. The van der Waals surface area contributed by atoms with E-state index in [1.165, 1.54) is 32.3 Å². The van der Waals surface area contributed by atoms with E-state index in [9.17, 15) is 19.2 Å². The van der Waals surface area contributed by atoms with Crippen molar-refractivity contribution in [1.82, 2.24) is 9.13 Å². The average Bonchev–Trinajstić information content (AvgIpc) is 2.50. The Morgan fingerprint density at radius 2 is 1.83 bits per heavy atom. The van der Waals surface area contributed by atoms with Crippen molar-refractivity contribution >= 4 is 29.2 Å². The summed E-state index contributed by atoms with van der Waals surface area (Å²) < 4.78 is 1.90. The van der Waals surface area contributed by atoms with E-state index in [0.29, 0.717) is 0 Å². The second-order valence-electron chi connectivity index (χ2n) is 4.75. The smallest absolute Gasteiger partial charge is 0.337 e. The molecule has 0 fully saturated rings. The summed E-state index contributed by atoms with van der Waals surface area (Å²) in [5, 5.41) is 11.4. The lowest BCUT2D eigenvalue weighted by molar-refractivity contribution is 0.0696. The minimum atomic E-state index is -1.25. The van der Waals surface area contributed by atoms with Crippen LogP contribution in [0.4, 0.5) is 5.69 Å². The first-order chi connectivity index (χ1) is 10.7. The largest absolute Gasteiger partial charge is 0.478 e. The first-order valence-electron chi connectivity index (χ1n) is 6.33. The number of amides is 1. The van der Waals surface area contributed by atoms with Gasteiger partial charge in [-0.15, -0.1) is 0 Å². The minimum Gasteiger partial charge on any atom is -0.478 e. The third kappa shape index (κ3) is 3.16. The molecule has 2 aromatic rings. The first kappa shape index (κ1) is 16.5. The van der Waals surface area contributed by atoms with Gasteiger partial charge < -0.3 is 15.0 Å². The second kappa shape index (κ2) is 6.09. The van der Waals surface area contributed by atoms with Gasteiger partial charge in [-0.3, -0.25) is 14.2 Å². The van der Waals surface area contributed by atoms with Crippen LogP contribution < -0.4 is 16.6 Å². The van der Waals surface area contributed by atoms with Crippen molar-refractivity contribution in [2.24, 2.45) is 14.1 Å². The lowest BCUT2D eigenvalue weighted by Crippen LogP contribution is -2.40. The molecule has 2 rings (SSSR count). The zero-order valence-corrected chi connectivity index (χ0v) is 12.9. The second-order valence-corrected chi connectivity index (χ2v) is 5.16. The fraction of sp³-hybridized carbons (Fsp3) is 0.143. The lowest BCUT2D eigenvalue weighted by Gasteiger charge is -2.09. The van der Waals surface area contributed by atoms with E-state index >= 15 is 0 Å². The number of carboxylic acid groups (broad SMARTS) is 1. The monoisotopic (exact) mass is 337 g/mol. The van der Waals surface area contributed by atoms with Gasteiger partial charge in [0.2, 0.25) is 0 Å². The Hall–Kier alpha value is -2.87. The summed E-state index contributed by atoms with van der Waals surface area (Å²) >= 11 is 5.74. The Morgan fingerprint density at radius 3 is 2.43 bits per heavy atom. The number of aromatic nitrogens is 2. The number of halogens is 1. The third-order valence-corrected chi connectivity index (χ3v) is 3.48. The van der Waals surface area contributed by atoms with E-state index in [2.05, 4.69) is 5.32 Å². The Kier molecular flexibility index (Phi) is 4.37. The fourth-order valence-corrected chi connectivity index (χ4v) is 2.13. The quantitative estimate of drug-likeness (QED) is 0.856. The topological polar surface area (TPSA) is 110 Å². The van der Waals surface area contributed by atoms with Gasteiger partial charge >= 0.3 is 11.7 Å². The van der Waals surface area contributed by atoms with Gasteiger partial charge in [0.1, 0.15) is 5.56 Å². The van der Waals surface area contributed by atoms with Crippen molar-refractivity contribution in [3.05, 3.63) is 61.4 Å². The van der Waals surface area contributed by atoms with Gasteiger partial charge in [-0.05, 0) is 18.2 Å². The SMILES string of the molecule is Cn1cc(C(=O)Nc2ccc(Cl)c(C(=O)O)c2)c(=O)n(C)c1=O. The van der Waals surface area contributed by atoms with E-state index in [1.807, 2.05) is 0 Å². The van der Waals surface area contributed by atoms with Crippen molar-refractivity contribution < 1.29 is 14.7 Å². The number of nitrogens with zero attached hydrogens (tertiary/aromatic N) is 2. The van der Waals surface area contributed by atoms with Crippen LogP contribution in [-0.4, -0.2) is 26.1 Å². The number of carboxylic acids is 1. The molecule has 0 unspecified atom stereocenters. The van der Waals surface area contributed by atoms with Crippen molar-refractivity contribution in [1.29, 1.82) is 0 Å². The molecule has 1 heterocycles. The number of aromatic carboxylic acids is 1. The Labute approximate surface area is 134 Å². The third-order valence-electron chi connectivity index (χ3n) is 3.15. The summed E-state index contributed by atoms with van der Waals surface area (Å²) in [7, 11) is 2.66. The number of nitrogens with one attached hydrogen (secondary N) is 1. The molecule has 1 aromatic carbocycles. The highest BCUT2D eigenvalue weighted by Crippen LogP contribution is 2.20. The van der Waals surface area contributed by atoms with E-state index in [4.69, 9.17) is 16.7 Å². The number of carbonyl (C=O) groups is 2. The van der Waals surface area contributed by atoms with Crippen molar-refractivity contribution in [3.8, 4) is 0 Å². The molecule has 1 amide bonds. The molecule has 0 saturated carbocycles. The summed E-state index contributed by atoms with van der Waals surface area (Å²) in [5.74, 6) is -2.01. The van der Waals surface area contributed by atoms with Gasteiger partial charge in [-0.1, -0.05) is 11.6 Å². The van der Waals surface area contributed by atoms with Crippen LogP contribution in [-0.2, 0) is 14.1 Å². The molecule has 8 nitrogen and oxygen atoms in total. The van der Waals surface area contributed by atoms with Crippen LogP contribution >= 0.6 is 11.6 Å². The maximum Gasteiger partial charge on any atom is 0.337 e. The maximum atomic E-state index is 12.2. The highest BCUT2D eigenvalue weighted by Gasteiger charge is 2.16. The fourth-order valence-electron chi connectivity index (χ4n) is 1.93. The molecule has 0 saturated heterocycles. The summed E-state index contributed by atoms with van der Waals surface area (Å²) in [5.41, 5.74) is -1.59. The number of rotatable bonds is 3. The van der Waals surface area contributed by atoms with Crippen molar-refractivity contribution in [3.63, 3.8) is 0 Å². The summed E-state index contributed by atoms with van der Waals surface area (Å²) in [6, 6.07) is 3.90. The van der Waals surface area contributed by atoms with Crippen LogP contribution in [0.15, 0.2) is 34.0 Å². The number of hydrogen-bond acceptors (Lipinski definition) is 4. The highest BCUT2D eigenvalue weighted by atomic mass is 35.5. The number of hydrogen-bond donors (Lipinski definition) is 2. The predicted octanol–water partition coefficient (Wildman–Crippen LogP) is 0.688. The van der Waals surface area contributed by atoms with E-state index in [-0.39, 0.29) is 21.8 Å². The molecular formula is C14H12ClN3O5. The molecule has 120 valence electrons. The van der Waals surface area contributed by atoms with E-state index in [1.54, 1.807) is 0 Å².